The lowest BCUT2D eigenvalue weighted by atomic mass is 9.96. The second-order valence-electron chi connectivity index (χ2n) is 5.04. The smallest absolute Gasteiger partial charge is 0.0352 e. The molecule has 3 rings (SSSR count). The van der Waals surface area contributed by atoms with E-state index in [-0.39, 0.29) is 6.04 Å². The summed E-state index contributed by atoms with van der Waals surface area (Å²) in [5.41, 5.74) is 9.74. The quantitative estimate of drug-likeness (QED) is 0.763. The molecule has 1 heterocycles. The van der Waals surface area contributed by atoms with Gasteiger partial charge in [-0.25, -0.2) is 0 Å². The maximum atomic E-state index is 6.14. The Hall–Kier alpha value is -2.19. The Morgan fingerprint density at radius 1 is 1.10 bits per heavy atom. The van der Waals surface area contributed by atoms with Crippen LogP contribution in [-0.2, 0) is 0 Å². The number of nitrogens with zero attached hydrogens (tertiary/aromatic N) is 1. The average Bonchev–Trinajstić information content (AvgIpc) is 2.53. The van der Waals surface area contributed by atoms with Crippen molar-refractivity contribution < 1.29 is 0 Å². The van der Waals surface area contributed by atoms with Gasteiger partial charge in [-0.3, -0.25) is 4.98 Å². The molecule has 0 aliphatic heterocycles. The molecule has 2 aromatic carbocycles. The van der Waals surface area contributed by atoms with Gasteiger partial charge in [-0.15, -0.1) is 0 Å². The first-order valence-electron chi connectivity index (χ1n) is 6.98. The van der Waals surface area contributed by atoms with Crippen molar-refractivity contribution in [3.8, 4) is 11.1 Å². The Labute approximate surface area is 119 Å². The van der Waals surface area contributed by atoms with Crippen molar-refractivity contribution in [2.24, 2.45) is 5.73 Å². The molecule has 2 N–H and O–H groups in total. The van der Waals surface area contributed by atoms with E-state index in [4.69, 9.17) is 5.73 Å². The van der Waals surface area contributed by atoms with E-state index in [1.54, 1.807) is 0 Å². The van der Waals surface area contributed by atoms with Gasteiger partial charge in [0.15, 0.2) is 0 Å². The Kier molecular flexibility index (Phi) is 3.48. The number of fused-ring (bicyclic) bond motifs is 1. The molecule has 20 heavy (non-hydrogen) atoms. The first-order chi connectivity index (χ1) is 9.79. The third-order valence-electron chi connectivity index (χ3n) is 3.75. The highest BCUT2D eigenvalue weighted by Crippen LogP contribution is 2.29. The molecule has 1 atom stereocenters. The van der Waals surface area contributed by atoms with Crippen molar-refractivity contribution in [2.45, 2.75) is 19.4 Å². The van der Waals surface area contributed by atoms with Gasteiger partial charge in [-0.2, -0.15) is 0 Å². The predicted molar refractivity (Wildman–Crippen MR) is 84.4 cm³/mol. The largest absolute Gasteiger partial charge is 0.324 e. The second-order valence-corrected chi connectivity index (χ2v) is 5.04. The zero-order chi connectivity index (χ0) is 13.9. The molecule has 3 aromatic rings. The van der Waals surface area contributed by atoms with Gasteiger partial charge in [0.05, 0.1) is 0 Å². The Morgan fingerprint density at radius 3 is 2.80 bits per heavy atom. The van der Waals surface area contributed by atoms with Gasteiger partial charge in [0, 0.05) is 23.8 Å². The molecule has 2 heteroatoms. The molecule has 2 nitrogen and oxygen atoms in total. The maximum Gasteiger partial charge on any atom is 0.0352 e. The van der Waals surface area contributed by atoms with Crippen LogP contribution in [0.25, 0.3) is 21.9 Å². The molecular weight excluding hydrogens is 244 g/mol. The van der Waals surface area contributed by atoms with Crippen LogP contribution in [0, 0.1) is 0 Å². The summed E-state index contributed by atoms with van der Waals surface area (Å²) < 4.78 is 0. The number of pyridine rings is 1. The molecule has 1 aromatic heterocycles. The minimum absolute atomic E-state index is 0.100. The third kappa shape index (κ3) is 2.30. The minimum atomic E-state index is 0.100. The van der Waals surface area contributed by atoms with E-state index in [0.717, 1.165) is 6.42 Å². The van der Waals surface area contributed by atoms with Crippen LogP contribution < -0.4 is 5.73 Å². The van der Waals surface area contributed by atoms with Crippen LogP contribution in [0.5, 0.6) is 0 Å². The van der Waals surface area contributed by atoms with Gasteiger partial charge in [0.25, 0.3) is 0 Å². The molecule has 0 fully saturated rings. The fourth-order valence-corrected chi connectivity index (χ4v) is 2.54. The highest BCUT2D eigenvalue weighted by atomic mass is 14.6. The third-order valence-corrected chi connectivity index (χ3v) is 3.75. The molecule has 0 spiro atoms. The van der Waals surface area contributed by atoms with Crippen molar-refractivity contribution in [1.82, 2.24) is 4.98 Å². The summed E-state index contributed by atoms with van der Waals surface area (Å²) in [6.07, 6.45) is 4.70. The Morgan fingerprint density at radius 2 is 1.95 bits per heavy atom. The first-order valence-corrected chi connectivity index (χ1v) is 6.98. The van der Waals surface area contributed by atoms with Crippen LogP contribution >= 0.6 is 0 Å². The van der Waals surface area contributed by atoms with E-state index >= 15 is 0 Å². The van der Waals surface area contributed by atoms with Gasteiger partial charge in [0.2, 0.25) is 0 Å². The molecular formula is C18H18N2. The predicted octanol–water partition coefficient (Wildman–Crippen LogP) is 4.31. The number of nitrogens with two attached hydrogens (primary N) is 1. The minimum Gasteiger partial charge on any atom is -0.324 e. The van der Waals surface area contributed by atoms with Crippen LogP contribution in [0.15, 0.2) is 60.9 Å². The molecule has 0 saturated heterocycles. The van der Waals surface area contributed by atoms with Crippen molar-refractivity contribution in [2.75, 3.05) is 0 Å². The van der Waals surface area contributed by atoms with Gasteiger partial charge >= 0.3 is 0 Å². The van der Waals surface area contributed by atoms with E-state index < -0.39 is 0 Å². The van der Waals surface area contributed by atoms with E-state index in [0.29, 0.717) is 0 Å². The summed E-state index contributed by atoms with van der Waals surface area (Å²) in [4.78, 5) is 4.25. The summed E-state index contributed by atoms with van der Waals surface area (Å²) in [5.74, 6) is 0. The lowest BCUT2D eigenvalue weighted by molar-refractivity contribution is 0.699. The van der Waals surface area contributed by atoms with Crippen LogP contribution in [0.1, 0.15) is 24.9 Å². The van der Waals surface area contributed by atoms with Crippen molar-refractivity contribution in [3.63, 3.8) is 0 Å². The van der Waals surface area contributed by atoms with Crippen LogP contribution in [0.3, 0.4) is 0 Å². The normalized spacial score (nSPS) is 12.5. The Bertz CT molecular complexity index is 729. The van der Waals surface area contributed by atoms with Crippen molar-refractivity contribution in [3.05, 3.63) is 66.5 Å². The monoisotopic (exact) mass is 262 g/mol. The maximum absolute atomic E-state index is 6.14. The lowest BCUT2D eigenvalue weighted by Crippen LogP contribution is -2.08. The van der Waals surface area contributed by atoms with E-state index in [9.17, 15) is 0 Å². The Balaban J connectivity index is 2.16. The van der Waals surface area contributed by atoms with Crippen LogP contribution in [0.2, 0.25) is 0 Å². The lowest BCUT2D eigenvalue weighted by Gasteiger charge is -2.12. The summed E-state index contributed by atoms with van der Waals surface area (Å²) in [6.45, 7) is 2.11. The van der Waals surface area contributed by atoms with Crippen LogP contribution in [0.4, 0.5) is 0 Å². The number of aromatic nitrogens is 1. The number of benzene rings is 2. The molecule has 0 aliphatic rings. The molecule has 0 amide bonds. The van der Waals surface area contributed by atoms with Gasteiger partial charge in [-0.05, 0) is 40.6 Å². The molecule has 0 bridgehead atoms. The zero-order valence-electron chi connectivity index (χ0n) is 11.6. The topological polar surface area (TPSA) is 38.9 Å². The molecule has 100 valence electrons. The summed E-state index contributed by atoms with van der Waals surface area (Å²) in [7, 11) is 0. The first kappa shape index (κ1) is 12.8. The highest BCUT2D eigenvalue weighted by molar-refractivity contribution is 5.96. The van der Waals surface area contributed by atoms with Crippen molar-refractivity contribution in [1.29, 1.82) is 0 Å². The fraction of sp³-hybridized carbons (Fsp3) is 0.167. The molecule has 0 aliphatic carbocycles. The molecule has 1 unspecified atom stereocenters. The highest BCUT2D eigenvalue weighted by Gasteiger charge is 2.07. The number of rotatable bonds is 3. The van der Waals surface area contributed by atoms with Crippen molar-refractivity contribution >= 4 is 10.8 Å². The standard InChI is InChI=1S/C18H18N2/c1-2-18(19)15-7-3-6-14(11-15)16-8-4-5-13-9-10-20-12-17(13)16/h3-12,18H,2,19H2,1H3. The fourth-order valence-electron chi connectivity index (χ4n) is 2.54. The van der Waals surface area contributed by atoms with Gasteiger partial charge in [0.1, 0.15) is 0 Å². The average molecular weight is 262 g/mol. The summed E-state index contributed by atoms with van der Waals surface area (Å²) in [6, 6.07) is 17.0. The molecule has 0 saturated carbocycles. The number of hydrogen-bond acceptors (Lipinski definition) is 2. The van der Waals surface area contributed by atoms with E-state index in [1.165, 1.54) is 27.5 Å². The SMILES string of the molecule is CCC(N)c1cccc(-c2cccc3ccncc23)c1. The van der Waals surface area contributed by atoms with E-state index in [2.05, 4.69) is 54.4 Å². The number of hydrogen-bond donors (Lipinski definition) is 1. The van der Waals surface area contributed by atoms with Crippen LogP contribution in [-0.4, -0.2) is 4.98 Å². The van der Waals surface area contributed by atoms with Gasteiger partial charge in [-0.1, -0.05) is 43.3 Å². The molecule has 0 radical (unpaired) electrons. The summed E-state index contributed by atoms with van der Waals surface area (Å²) >= 11 is 0. The van der Waals surface area contributed by atoms with E-state index in [1.807, 2.05) is 18.5 Å². The second kappa shape index (κ2) is 5.43. The van der Waals surface area contributed by atoms with Gasteiger partial charge < -0.3 is 5.73 Å². The summed E-state index contributed by atoms with van der Waals surface area (Å²) in [5, 5.41) is 2.39. The zero-order valence-corrected chi connectivity index (χ0v) is 11.6.